The number of benzene rings is 1. The molecule has 0 aliphatic rings. The number of pyridine rings is 1. The number of carbonyl (C=O) groups is 1. The van der Waals surface area contributed by atoms with Crippen LogP contribution in [0.1, 0.15) is 22.5 Å². The number of aryl methyl sites for hydroxylation is 2. The lowest BCUT2D eigenvalue weighted by atomic mass is 10.0. The quantitative estimate of drug-likeness (QED) is 0.847. The molecule has 1 heterocycles. The summed E-state index contributed by atoms with van der Waals surface area (Å²) in [5.41, 5.74) is 0.588. The van der Waals surface area contributed by atoms with Crippen molar-refractivity contribution in [1.82, 2.24) is 4.98 Å². The van der Waals surface area contributed by atoms with Crippen molar-refractivity contribution >= 4 is 12.0 Å². The first kappa shape index (κ1) is 16.7. The van der Waals surface area contributed by atoms with E-state index in [1.54, 1.807) is 0 Å². The summed E-state index contributed by atoms with van der Waals surface area (Å²) >= 11 is 0. The minimum absolute atomic E-state index is 0.223. The summed E-state index contributed by atoms with van der Waals surface area (Å²) in [4.78, 5) is 14.3. The zero-order valence-corrected chi connectivity index (χ0v) is 12.0. The summed E-state index contributed by atoms with van der Waals surface area (Å²) in [6.45, 7) is 0. The zero-order valence-electron chi connectivity index (χ0n) is 12.0. The Morgan fingerprint density at radius 3 is 2.39 bits per heavy atom. The Hall–Kier alpha value is -2.63. The number of aromatic nitrogens is 1. The molecule has 1 aromatic heterocycles. The van der Waals surface area contributed by atoms with Gasteiger partial charge in [0.1, 0.15) is 5.69 Å². The van der Waals surface area contributed by atoms with E-state index in [1.807, 2.05) is 30.3 Å². The first-order valence-corrected chi connectivity index (χ1v) is 6.88. The molecule has 1 aromatic carbocycles. The molecule has 0 spiro atoms. The van der Waals surface area contributed by atoms with E-state index >= 15 is 0 Å². The van der Waals surface area contributed by atoms with Crippen LogP contribution in [0.2, 0.25) is 0 Å². The zero-order chi connectivity index (χ0) is 16.9. The van der Waals surface area contributed by atoms with Gasteiger partial charge >= 0.3 is 12.1 Å². The average molecular weight is 321 g/mol. The van der Waals surface area contributed by atoms with E-state index in [2.05, 4.69) is 4.98 Å². The molecule has 0 saturated heterocycles. The summed E-state index contributed by atoms with van der Waals surface area (Å²) in [5, 5.41) is 8.67. The van der Waals surface area contributed by atoms with E-state index < -0.39 is 17.8 Å². The van der Waals surface area contributed by atoms with Gasteiger partial charge in [-0.2, -0.15) is 13.2 Å². The molecule has 0 bridgehead atoms. The highest BCUT2D eigenvalue weighted by Crippen LogP contribution is 2.28. The fraction of sp³-hybridized carbons (Fsp3) is 0.176. The van der Waals surface area contributed by atoms with Crippen LogP contribution in [-0.4, -0.2) is 16.1 Å². The monoisotopic (exact) mass is 321 g/mol. The van der Waals surface area contributed by atoms with Gasteiger partial charge in [0.05, 0.1) is 0 Å². The second kappa shape index (κ2) is 7.09. The number of halogens is 3. The standard InChI is InChI=1S/C17H14F3NO2/c18-17(19,20)15-10-7-13(8-11-16(22)23)14(21-15)9-6-12-4-2-1-3-5-12/h1-5,7-8,10-11H,6,9H2,(H,22,23)/b11-8+. The molecule has 0 amide bonds. The average Bonchev–Trinajstić information content (AvgIpc) is 2.51. The van der Waals surface area contributed by atoms with Crippen molar-refractivity contribution in [1.29, 1.82) is 0 Å². The number of carboxylic acid groups (broad SMARTS) is 1. The fourth-order valence-electron chi connectivity index (χ4n) is 2.09. The van der Waals surface area contributed by atoms with Gasteiger partial charge in [-0.3, -0.25) is 0 Å². The van der Waals surface area contributed by atoms with Crippen LogP contribution in [0.4, 0.5) is 13.2 Å². The number of rotatable bonds is 5. The maximum absolute atomic E-state index is 12.8. The summed E-state index contributed by atoms with van der Waals surface area (Å²) in [7, 11) is 0. The lowest BCUT2D eigenvalue weighted by Crippen LogP contribution is -2.11. The molecule has 0 fully saturated rings. The SMILES string of the molecule is O=C(O)/C=C/c1ccc(C(F)(F)F)nc1CCc1ccccc1. The molecule has 6 heteroatoms. The van der Waals surface area contributed by atoms with Crippen LogP contribution in [0.3, 0.4) is 0 Å². The highest BCUT2D eigenvalue weighted by atomic mass is 19.4. The second-order valence-corrected chi connectivity index (χ2v) is 4.89. The number of carboxylic acids is 1. The summed E-state index contributed by atoms with van der Waals surface area (Å²) < 4.78 is 38.4. The van der Waals surface area contributed by atoms with Crippen LogP contribution < -0.4 is 0 Å². The first-order valence-electron chi connectivity index (χ1n) is 6.88. The molecule has 23 heavy (non-hydrogen) atoms. The topological polar surface area (TPSA) is 50.2 Å². The van der Waals surface area contributed by atoms with Gasteiger partial charge in [-0.1, -0.05) is 36.4 Å². The van der Waals surface area contributed by atoms with Gasteiger partial charge in [0.25, 0.3) is 0 Å². The number of aliphatic carboxylic acids is 1. The van der Waals surface area contributed by atoms with E-state index in [0.717, 1.165) is 17.7 Å². The van der Waals surface area contributed by atoms with E-state index in [-0.39, 0.29) is 12.1 Å². The lowest BCUT2D eigenvalue weighted by Gasteiger charge is -2.11. The highest BCUT2D eigenvalue weighted by molar-refractivity contribution is 5.85. The molecule has 2 aromatic rings. The molecule has 1 N–H and O–H groups in total. The Labute approximate surface area is 131 Å². The smallest absolute Gasteiger partial charge is 0.433 e. The Bertz CT molecular complexity index is 710. The normalized spacial score (nSPS) is 11.8. The van der Waals surface area contributed by atoms with E-state index in [0.29, 0.717) is 12.0 Å². The van der Waals surface area contributed by atoms with Gasteiger partial charge in [-0.05, 0) is 36.1 Å². The highest BCUT2D eigenvalue weighted by Gasteiger charge is 2.32. The van der Waals surface area contributed by atoms with Crippen LogP contribution in [0, 0.1) is 0 Å². The first-order chi connectivity index (χ1) is 10.9. The van der Waals surface area contributed by atoms with E-state index in [4.69, 9.17) is 5.11 Å². The summed E-state index contributed by atoms with van der Waals surface area (Å²) in [6.07, 6.45) is -1.58. The van der Waals surface area contributed by atoms with E-state index in [1.165, 1.54) is 12.1 Å². The van der Waals surface area contributed by atoms with Gasteiger partial charge in [-0.25, -0.2) is 9.78 Å². The van der Waals surface area contributed by atoms with Crippen molar-refractivity contribution in [2.45, 2.75) is 19.0 Å². The summed E-state index contributed by atoms with van der Waals surface area (Å²) in [5.74, 6) is -1.17. The molecular weight excluding hydrogens is 307 g/mol. The number of hydrogen-bond donors (Lipinski definition) is 1. The predicted molar refractivity (Wildman–Crippen MR) is 79.8 cm³/mol. The predicted octanol–water partition coefficient (Wildman–Crippen LogP) is 3.98. The van der Waals surface area contributed by atoms with Crippen LogP contribution in [0.5, 0.6) is 0 Å². The van der Waals surface area contributed by atoms with Crippen LogP contribution >= 0.6 is 0 Å². The largest absolute Gasteiger partial charge is 0.478 e. The van der Waals surface area contributed by atoms with Gasteiger partial charge in [-0.15, -0.1) is 0 Å². The third-order valence-corrected chi connectivity index (χ3v) is 3.20. The molecule has 0 saturated carbocycles. The molecule has 0 unspecified atom stereocenters. The molecule has 0 aliphatic heterocycles. The Kier molecular flexibility index (Phi) is 5.16. The molecule has 2 rings (SSSR count). The molecular formula is C17H14F3NO2. The fourth-order valence-corrected chi connectivity index (χ4v) is 2.09. The van der Waals surface area contributed by atoms with E-state index in [9.17, 15) is 18.0 Å². The Morgan fingerprint density at radius 2 is 1.78 bits per heavy atom. The molecule has 0 radical (unpaired) electrons. The maximum atomic E-state index is 12.8. The van der Waals surface area contributed by atoms with Gasteiger partial charge in [0.15, 0.2) is 0 Å². The Balaban J connectivity index is 2.30. The molecule has 120 valence electrons. The van der Waals surface area contributed by atoms with Crippen LogP contribution in [-0.2, 0) is 23.8 Å². The molecule has 3 nitrogen and oxygen atoms in total. The number of alkyl halides is 3. The van der Waals surface area contributed by atoms with Crippen molar-refractivity contribution in [3.05, 3.63) is 71.1 Å². The van der Waals surface area contributed by atoms with Gasteiger partial charge in [0.2, 0.25) is 0 Å². The Morgan fingerprint density at radius 1 is 1.09 bits per heavy atom. The number of hydrogen-bond acceptors (Lipinski definition) is 2. The lowest BCUT2D eigenvalue weighted by molar-refractivity contribution is -0.141. The minimum Gasteiger partial charge on any atom is -0.478 e. The van der Waals surface area contributed by atoms with Crippen molar-refractivity contribution in [3.63, 3.8) is 0 Å². The number of nitrogens with zero attached hydrogens (tertiary/aromatic N) is 1. The third-order valence-electron chi connectivity index (χ3n) is 3.20. The second-order valence-electron chi connectivity index (χ2n) is 4.89. The minimum atomic E-state index is -4.53. The molecule has 0 aliphatic carbocycles. The van der Waals surface area contributed by atoms with Gasteiger partial charge in [0, 0.05) is 11.8 Å². The van der Waals surface area contributed by atoms with Crippen molar-refractivity contribution in [2.24, 2.45) is 0 Å². The van der Waals surface area contributed by atoms with Crippen LogP contribution in [0.15, 0.2) is 48.5 Å². The maximum Gasteiger partial charge on any atom is 0.433 e. The van der Waals surface area contributed by atoms with Gasteiger partial charge < -0.3 is 5.11 Å². The van der Waals surface area contributed by atoms with Crippen LogP contribution in [0.25, 0.3) is 6.08 Å². The summed E-state index contributed by atoms with van der Waals surface area (Å²) in [6, 6.07) is 11.4. The third kappa shape index (κ3) is 4.95. The van der Waals surface area contributed by atoms with Crippen molar-refractivity contribution in [3.8, 4) is 0 Å². The van der Waals surface area contributed by atoms with Crippen molar-refractivity contribution < 1.29 is 23.1 Å². The molecule has 0 atom stereocenters. The van der Waals surface area contributed by atoms with Crippen molar-refractivity contribution in [2.75, 3.05) is 0 Å².